The van der Waals surface area contributed by atoms with Crippen molar-refractivity contribution in [3.05, 3.63) is 75.6 Å². The van der Waals surface area contributed by atoms with Gasteiger partial charge in [-0.2, -0.15) is 0 Å². The number of nitrogens with zero attached hydrogens (tertiary/aromatic N) is 3. The van der Waals surface area contributed by atoms with Crippen LogP contribution in [0.15, 0.2) is 51.8 Å². The van der Waals surface area contributed by atoms with Gasteiger partial charge >= 0.3 is 0 Å². The lowest BCUT2D eigenvalue weighted by molar-refractivity contribution is 0.313. The normalized spacial score (nSPS) is 11.3. The molecule has 0 aliphatic carbocycles. The van der Waals surface area contributed by atoms with Crippen LogP contribution in [-0.2, 0) is 19.5 Å². The molecule has 0 atom stereocenters. The molecule has 0 spiro atoms. The van der Waals surface area contributed by atoms with Crippen LogP contribution in [0.4, 0.5) is 5.95 Å². The standard InChI is InChI=1S/C24H33N5O3/c1-28(2)16-18-7-5-8-20(13-18)31-12-6-11-25-24-26-15-19(23(30)27-24)14-21-9-10-22(32-21)17-29(3)4/h5,7-10,13,15H,6,11-12,14,16-17H2,1-4H3,(H2,25,26,27,30). The molecule has 8 heteroatoms. The Morgan fingerprint density at radius 1 is 1.06 bits per heavy atom. The number of furan rings is 1. The second-order valence-electron chi connectivity index (χ2n) is 8.38. The van der Waals surface area contributed by atoms with Crippen molar-refractivity contribution in [1.29, 1.82) is 0 Å². The van der Waals surface area contributed by atoms with Crippen molar-refractivity contribution in [2.75, 3.05) is 46.7 Å². The fourth-order valence-electron chi connectivity index (χ4n) is 3.31. The highest BCUT2D eigenvalue weighted by atomic mass is 16.5. The molecule has 0 unspecified atom stereocenters. The topological polar surface area (TPSA) is 86.6 Å². The van der Waals surface area contributed by atoms with Gasteiger partial charge in [0.2, 0.25) is 5.95 Å². The fraction of sp³-hybridized carbons (Fsp3) is 0.417. The number of benzene rings is 1. The molecule has 3 aromatic rings. The van der Waals surface area contributed by atoms with Crippen LogP contribution in [0.1, 0.15) is 29.1 Å². The molecule has 0 saturated heterocycles. The molecule has 2 N–H and O–H groups in total. The first kappa shape index (κ1) is 23.6. The Bertz CT molecular complexity index is 1040. The maximum atomic E-state index is 12.4. The molecular formula is C24H33N5O3. The third-order valence-electron chi connectivity index (χ3n) is 4.71. The monoisotopic (exact) mass is 439 g/mol. The van der Waals surface area contributed by atoms with Crippen LogP contribution in [0.3, 0.4) is 0 Å². The molecule has 3 rings (SSSR count). The van der Waals surface area contributed by atoms with Crippen molar-refractivity contribution in [1.82, 2.24) is 19.8 Å². The second-order valence-corrected chi connectivity index (χ2v) is 8.38. The highest BCUT2D eigenvalue weighted by molar-refractivity contribution is 5.29. The quantitative estimate of drug-likeness (QED) is 0.420. The van der Waals surface area contributed by atoms with Gasteiger partial charge in [-0.15, -0.1) is 0 Å². The summed E-state index contributed by atoms with van der Waals surface area (Å²) in [6.45, 7) is 2.83. The minimum absolute atomic E-state index is 0.165. The summed E-state index contributed by atoms with van der Waals surface area (Å²) >= 11 is 0. The van der Waals surface area contributed by atoms with Crippen LogP contribution in [-0.4, -0.2) is 61.1 Å². The number of H-pyrrole nitrogens is 1. The molecule has 2 aromatic heterocycles. The van der Waals surface area contributed by atoms with Gasteiger partial charge in [-0.25, -0.2) is 4.98 Å². The molecule has 2 heterocycles. The van der Waals surface area contributed by atoms with Gasteiger partial charge in [0, 0.05) is 31.3 Å². The second kappa shape index (κ2) is 11.5. The predicted molar refractivity (Wildman–Crippen MR) is 126 cm³/mol. The van der Waals surface area contributed by atoms with Crippen molar-refractivity contribution in [3.8, 4) is 5.75 Å². The van der Waals surface area contributed by atoms with Crippen molar-refractivity contribution >= 4 is 5.95 Å². The summed E-state index contributed by atoms with van der Waals surface area (Å²) in [5.74, 6) is 2.95. The van der Waals surface area contributed by atoms with E-state index in [1.54, 1.807) is 6.20 Å². The van der Waals surface area contributed by atoms with Gasteiger partial charge in [0.05, 0.1) is 13.2 Å². The molecule has 8 nitrogen and oxygen atoms in total. The van der Waals surface area contributed by atoms with E-state index in [4.69, 9.17) is 9.15 Å². The van der Waals surface area contributed by atoms with E-state index in [0.29, 0.717) is 31.1 Å². The zero-order valence-corrected chi connectivity index (χ0v) is 19.4. The SMILES string of the molecule is CN(C)Cc1cccc(OCCCNc2ncc(Cc3ccc(CN(C)C)o3)c(=O)[nH]2)c1. The number of rotatable bonds is 12. The van der Waals surface area contributed by atoms with Crippen molar-refractivity contribution < 1.29 is 9.15 Å². The first-order valence-electron chi connectivity index (χ1n) is 10.8. The Balaban J connectivity index is 1.43. The summed E-state index contributed by atoms with van der Waals surface area (Å²) in [4.78, 5) is 23.7. The Morgan fingerprint density at radius 2 is 1.84 bits per heavy atom. The van der Waals surface area contributed by atoms with Crippen LogP contribution in [0.25, 0.3) is 0 Å². The first-order valence-corrected chi connectivity index (χ1v) is 10.8. The lowest BCUT2D eigenvalue weighted by atomic mass is 10.2. The molecule has 0 radical (unpaired) electrons. The van der Waals surface area contributed by atoms with E-state index in [9.17, 15) is 4.79 Å². The number of aromatic nitrogens is 2. The molecular weight excluding hydrogens is 406 g/mol. The molecule has 32 heavy (non-hydrogen) atoms. The summed E-state index contributed by atoms with van der Waals surface area (Å²) < 4.78 is 11.6. The van der Waals surface area contributed by atoms with Crippen LogP contribution >= 0.6 is 0 Å². The molecule has 0 fully saturated rings. The molecule has 1 aromatic carbocycles. The fourth-order valence-corrected chi connectivity index (χ4v) is 3.31. The van der Waals surface area contributed by atoms with E-state index in [2.05, 4.69) is 32.3 Å². The average Bonchev–Trinajstić information content (AvgIpc) is 3.15. The maximum absolute atomic E-state index is 12.4. The van der Waals surface area contributed by atoms with Gasteiger partial charge in [-0.1, -0.05) is 12.1 Å². The summed E-state index contributed by atoms with van der Waals surface area (Å²) in [5.41, 5.74) is 1.63. The van der Waals surface area contributed by atoms with E-state index in [0.717, 1.165) is 36.8 Å². The number of aromatic amines is 1. The van der Waals surface area contributed by atoms with Crippen molar-refractivity contribution in [2.24, 2.45) is 0 Å². The number of nitrogens with one attached hydrogen (secondary N) is 2. The summed E-state index contributed by atoms with van der Waals surface area (Å²) in [6, 6.07) is 12.0. The van der Waals surface area contributed by atoms with E-state index in [1.165, 1.54) is 5.56 Å². The average molecular weight is 440 g/mol. The smallest absolute Gasteiger partial charge is 0.255 e. The highest BCUT2D eigenvalue weighted by Crippen LogP contribution is 2.15. The minimum Gasteiger partial charge on any atom is -0.494 e. The van der Waals surface area contributed by atoms with E-state index >= 15 is 0 Å². The molecule has 0 bridgehead atoms. The summed E-state index contributed by atoms with van der Waals surface area (Å²) in [5, 5.41) is 3.14. The largest absolute Gasteiger partial charge is 0.494 e. The van der Waals surface area contributed by atoms with Gasteiger partial charge in [0.1, 0.15) is 17.3 Å². The Hall–Kier alpha value is -3.10. The van der Waals surface area contributed by atoms with Crippen molar-refractivity contribution in [3.63, 3.8) is 0 Å². The van der Waals surface area contributed by atoms with Crippen LogP contribution in [0.2, 0.25) is 0 Å². The van der Waals surface area contributed by atoms with E-state index in [1.807, 2.05) is 57.4 Å². The van der Waals surface area contributed by atoms with E-state index in [-0.39, 0.29) is 5.56 Å². The number of anilines is 1. The minimum atomic E-state index is -0.165. The number of hydrogen-bond donors (Lipinski definition) is 2. The third-order valence-corrected chi connectivity index (χ3v) is 4.71. The van der Waals surface area contributed by atoms with Gasteiger partial charge in [0.15, 0.2) is 0 Å². The molecule has 0 saturated carbocycles. The summed E-state index contributed by atoms with van der Waals surface area (Å²) in [7, 11) is 8.06. The van der Waals surface area contributed by atoms with Gasteiger partial charge in [0.25, 0.3) is 5.56 Å². The molecule has 0 amide bonds. The predicted octanol–water partition coefficient (Wildman–Crippen LogP) is 2.96. The Labute approximate surface area is 189 Å². The maximum Gasteiger partial charge on any atom is 0.255 e. The Kier molecular flexibility index (Phi) is 8.47. The van der Waals surface area contributed by atoms with Crippen LogP contribution in [0, 0.1) is 0 Å². The first-order chi connectivity index (χ1) is 15.4. The lowest BCUT2D eigenvalue weighted by Crippen LogP contribution is -2.18. The van der Waals surface area contributed by atoms with Gasteiger partial charge < -0.3 is 24.3 Å². The Morgan fingerprint density at radius 3 is 2.59 bits per heavy atom. The molecule has 172 valence electrons. The van der Waals surface area contributed by atoms with Crippen LogP contribution < -0.4 is 15.6 Å². The third kappa shape index (κ3) is 7.55. The van der Waals surface area contributed by atoms with Gasteiger partial charge in [-0.05, 0) is 64.4 Å². The lowest BCUT2D eigenvalue weighted by Gasteiger charge is -2.12. The number of ether oxygens (including phenoxy) is 1. The van der Waals surface area contributed by atoms with Gasteiger partial charge in [-0.3, -0.25) is 9.78 Å². The molecule has 0 aliphatic heterocycles. The van der Waals surface area contributed by atoms with E-state index < -0.39 is 0 Å². The van der Waals surface area contributed by atoms with Crippen molar-refractivity contribution in [2.45, 2.75) is 25.9 Å². The summed E-state index contributed by atoms with van der Waals surface area (Å²) in [6.07, 6.45) is 2.79. The molecule has 0 aliphatic rings. The van der Waals surface area contributed by atoms with Crippen LogP contribution in [0.5, 0.6) is 5.75 Å². The highest BCUT2D eigenvalue weighted by Gasteiger charge is 2.08. The number of hydrogen-bond acceptors (Lipinski definition) is 7. The zero-order valence-electron chi connectivity index (χ0n) is 19.4. The zero-order chi connectivity index (χ0) is 22.9.